The highest BCUT2D eigenvalue weighted by Crippen LogP contribution is 2.27. The number of aliphatic carboxylic acids is 1. The predicted molar refractivity (Wildman–Crippen MR) is 93.2 cm³/mol. The molecule has 1 amide bonds. The van der Waals surface area contributed by atoms with Crippen LogP contribution in [0, 0.1) is 0 Å². The minimum absolute atomic E-state index is 0.00644. The minimum atomic E-state index is -3.78. The maximum absolute atomic E-state index is 12.7. The average molecular weight is 389 g/mol. The fourth-order valence-corrected chi connectivity index (χ4v) is 4.29. The summed E-state index contributed by atoms with van der Waals surface area (Å²) in [5.41, 5.74) is -0.00644. The molecule has 7 nitrogen and oxygen atoms in total. The molecule has 2 rings (SSSR count). The van der Waals surface area contributed by atoms with Crippen molar-refractivity contribution in [2.45, 2.75) is 43.7 Å². The number of carbonyl (C=O) groups excluding carboxylic acids is 1. The molecule has 0 aliphatic carbocycles. The van der Waals surface area contributed by atoms with Gasteiger partial charge in [-0.2, -0.15) is 4.31 Å². The second-order valence-electron chi connectivity index (χ2n) is 6.25. The zero-order valence-corrected chi connectivity index (χ0v) is 15.8. The van der Waals surface area contributed by atoms with E-state index in [0.717, 1.165) is 0 Å². The minimum Gasteiger partial charge on any atom is -0.480 e. The van der Waals surface area contributed by atoms with Crippen LogP contribution < -0.4 is 0 Å². The molecule has 1 fully saturated rings. The molecular weight excluding hydrogens is 368 g/mol. The average Bonchev–Trinajstić information content (AvgIpc) is 3.03. The van der Waals surface area contributed by atoms with Gasteiger partial charge >= 0.3 is 5.97 Å². The number of carboxylic acids is 1. The van der Waals surface area contributed by atoms with Gasteiger partial charge in [0.05, 0.1) is 15.5 Å². The molecule has 1 aliphatic rings. The molecule has 0 bridgehead atoms. The van der Waals surface area contributed by atoms with E-state index in [2.05, 4.69) is 0 Å². The molecule has 0 saturated carbocycles. The van der Waals surface area contributed by atoms with Gasteiger partial charge in [-0.1, -0.05) is 11.6 Å². The molecule has 0 unspecified atom stereocenters. The molecule has 1 aliphatic heterocycles. The Balaban J connectivity index is 2.43. The third-order valence-corrected chi connectivity index (χ3v) is 6.73. The fraction of sp³-hybridized carbons (Fsp3) is 0.500. The highest BCUT2D eigenvalue weighted by Gasteiger charge is 2.35. The number of nitrogens with zero attached hydrogens (tertiary/aromatic N) is 2. The van der Waals surface area contributed by atoms with E-state index in [4.69, 9.17) is 11.6 Å². The number of rotatable bonds is 5. The third-order valence-electron chi connectivity index (χ3n) is 4.37. The first-order chi connectivity index (χ1) is 11.6. The summed E-state index contributed by atoms with van der Waals surface area (Å²) in [7, 11) is -2.32. The van der Waals surface area contributed by atoms with Crippen LogP contribution in [0.5, 0.6) is 0 Å². The molecule has 1 N–H and O–H groups in total. The molecule has 1 aromatic carbocycles. The molecule has 1 aromatic rings. The van der Waals surface area contributed by atoms with Gasteiger partial charge in [0.1, 0.15) is 6.04 Å². The Hall–Kier alpha value is -1.64. The zero-order chi connectivity index (χ0) is 18.9. The van der Waals surface area contributed by atoms with Gasteiger partial charge < -0.3 is 10.0 Å². The van der Waals surface area contributed by atoms with Gasteiger partial charge in [-0.05, 0) is 44.9 Å². The highest BCUT2D eigenvalue weighted by molar-refractivity contribution is 7.89. The van der Waals surface area contributed by atoms with Crippen LogP contribution in [-0.4, -0.2) is 60.3 Å². The van der Waals surface area contributed by atoms with Crippen LogP contribution in [-0.2, 0) is 14.8 Å². The van der Waals surface area contributed by atoms with Gasteiger partial charge in [0.25, 0.3) is 5.91 Å². The van der Waals surface area contributed by atoms with Crippen molar-refractivity contribution < 1.29 is 23.1 Å². The van der Waals surface area contributed by atoms with Gasteiger partial charge in [0, 0.05) is 19.6 Å². The molecule has 0 radical (unpaired) electrons. The summed E-state index contributed by atoms with van der Waals surface area (Å²) >= 11 is 6.09. The van der Waals surface area contributed by atoms with Gasteiger partial charge in [0.2, 0.25) is 10.0 Å². The molecule has 0 aromatic heterocycles. The van der Waals surface area contributed by atoms with Gasteiger partial charge in [-0.3, -0.25) is 4.79 Å². The summed E-state index contributed by atoms with van der Waals surface area (Å²) in [6.07, 6.45) is 0.946. The molecule has 0 spiro atoms. The smallest absolute Gasteiger partial charge is 0.326 e. The van der Waals surface area contributed by atoms with E-state index in [0.29, 0.717) is 19.4 Å². The Bertz CT molecular complexity index is 794. The quantitative estimate of drug-likeness (QED) is 0.833. The Kier molecular flexibility index (Phi) is 5.75. The van der Waals surface area contributed by atoms with Crippen molar-refractivity contribution in [1.82, 2.24) is 9.21 Å². The summed E-state index contributed by atoms with van der Waals surface area (Å²) in [5, 5.41) is 9.33. The van der Waals surface area contributed by atoms with Gasteiger partial charge in [-0.15, -0.1) is 0 Å². The monoisotopic (exact) mass is 388 g/mol. The standard InChI is InChI=1S/C16H21ClN2O5S/c1-10(2)18(3)25(23,24)11-6-7-13(17)12(9-11)15(20)19-8-4-5-14(19)16(21)22/h6-7,9-10,14H,4-5,8H2,1-3H3,(H,21,22)/t14-/m0/s1. The van der Waals surface area contributed by atoms with Crippen molar-refractivity contribution in [2.24, 2.45) is 0 Å². The maximum Gasteiger partial charge on any atom is 0.326 e. The van der Waals surface area contributed by atoms with Crippen molar-refractivity contribution in [3.05, 3.63) is 28.8 Å². The fourth-order valence-electron chi connectivity index (χ4n) is 2.69. The second-order valence-corrected chi connectivity index (χ2v) is 8.66. The number of amides is 1. The number of hydrogen-bond donors (Lipinski definition) is 1. The van der Waals surface area contributed by atoms with Crippen LogP contribution in [0.25, 0.3) is 0 Å². The molecular formula is C16H21ClN2O5S. The lowest BCUT2D eigenvalue weighted by atomic mass is 10.1. The van der Waals surface area contributed by atoms with Gasteiger partial charge in [-0.25, -0.2) is 13.2 Å². The van der Waals surface area contributed by atoms with Crippen molar-refractivity contribution in [3.63, 3.8) is 0 Å². The van der Waals surface area contributed by atoms with Crippen LogP contribution >= 0.6 is 11.6 Å². The van der Waals surface area contributed by atoms with Crippen molar-refractivity contribution in [1.29, 1.82) is 0 Å². The summed E-state index contributed by atoms with van der Waals surface area (Å²) in [4.78, 5) is 25.2. The number of sulfonamides is 1. The van der Waals surface area contributed by atoms with Crippen LogP contribution in [0.3, 0.4) is 0 Å². The molecule has 1 saturated heterocycles. The summed E-state index contributed by atoms with van der Waals surface area (Å²) in [6.45, 7) is 3.78. The van der Waals surface area contributed by atoms with E-state index in [9.17, 15) is 23.1 Å². The summed E-state index contributed by atoms with van der Waals surface area (Å²) < 4.78 is 26.4. The Morgan fingerprint density at radius 3 is 2.56 bits per heavy atom. The Labute approximate surface area is 152 Å². The number of likely N-dealkylation sites (tertiary alicyclic amines) is 1. The third kappa shape index (κ3) is 3.80. The lowest BCUT2D eigenvalue weighted by Gasteiger charge is -2.23. The number of halogens is 1. The first-order valence-corrected chi connectivity index (χ1v) is 9.70. The first kappa shape index (κ1) is 19.7. The van der Waals surface area contributed by atoms with E-state index in [-0.39, 0.29) is 21.5 Å². The van der Waals surface area contributed by atoms with Crippen LogP contribution in [0.1, 0.15) is 37.0 Å². The SMILES string of the molecule is CC(C)N(C)S(=O)(=O)c1ccc(Cl)c(C(=O)N2CCC[C@H]2C(=O)O)c1. The van der Waals surface area contributed by atoms with Crippen LogP contribution in [0.15, 0.2) is 23.1 Å². The number of carboxylic acid groups (broad SMARTS) is 1. The first-order valence-electron chi connectivity index (χ1n) is 7.88. The van der Waals surface area contributed by atoms with Crippen molar-refractivity contribution in [2.75, 3.05) is 13.6 Å². The maximum atomic E-state index is 12.7. The van der Waals surface area contributed by atoms with E-state index < -0.39 is 27.9 Å². The normalized spacial score (nSPS) is 18.2. The Morgan fingerprint density at radius 2 is 2.00 bits per heavy atom. The van der Waals surface area contributed by atoms with E-state index in [1.54, 1.807) is 13.8 Å². The van der Waals surface area contributed by atoms with Gasteiger partial charge in [0.15, 0.2) is 0 Å². The second kappa shape index (κ2) is 7.31. The van der Waals surface area contributed by atoms with E-state index in [1.807, 2.05) is 0 Å². The molecule has 25 heavy (non-hydrogen) atoms. The largest absolute Gasteiger partial charge is 0.480 e. The topological polar surface area (TPSA) is 95.0 Å². The van der Waals surface area contributed by atoms with E-state index in [1.165, 1.54) is 34.5 Å². The van der Waals surface area contributed by atoms with Crippen molar-refractivity contribution in [3.8, 4) is 0 Å². The lowest BCUT2D eigenvalue weighted by Crippen LogP contribution is -2.40. The van der Waals surface area contributed by atoms with Crippen LogP contribution in [0.2, 0.25) is 5.02 Å². The number of carbonyl (C=O) groups is 2. The Morgan fingerprint density at radius 1 is 1.36 bits per heavy atom. The lowest BCUT2D eigenvalue weighted by molar-refractivity contribution is -0.141. The highest BCUT2D eigenvalue weighted by atomic mass is 35.5. The number of benzene rings is 1. The molecule has 1 heterocycles. The predicted octanol–water partition coefficient (Wildman–Crippen LogP) is 2.06. The summed E-state index contributed by atoms with van der Waals surface area (Å²) in [5.74, 6) is -1.65. The van der Waals surface area contributed by atoms with Crippen LogP contribution in [0.4, 0.5) is 0 Å². The van der Waals surface area contributed by atoms with Crippen molar-refractivity contribution >= 4 is 33.5 Å². The summed E-state index contributed by atoms with van der Waals surface area (Å²) in [6, 6.07) is 2.74. The number of hydrogen-bond acceptors (Lipinski definition) is 4. The van der Waals surface area contributed by atoms with E-state index >= 15 is 0 Å². The molecule has 1 atom stereocenters. The molecule has 138 valence electrons. The zero-order valence-electron chi connectivity index (χ0n) is 14.3. The molecule has 9 heteroatoms.